The molecule has 1 rings (SSSR count). The van der Waals surface area contributed by atoms with Gasteiger partial charge < -0.3 is 15.6 Å². The molecule has 1 aromatic carbocycles. The lowest BCUT2D eigenvalue weighted by Crippen LogP contribution is -2.31. The van der Waals surface area contributed by atoms with E-state index in [1.165, 1.54) is 12.1 Å². The molecule has 114 valence electrons. The highest BCUT2D eigenvalue weighted by atomic mass is 35.5. The number of nitrogens with two attached hydrogens (primary N) is 1. The molecule has 3 atom stereocenters. The Labute approximate surface area is 120 Å². The summed E-state index contributed by atoms with van der Waals surface area (Å²) in [6.45, 7) is 3.75. The second-order valence-electron chi connectivity index (χ2n) is 4.64. The SMILES string of the molecule is CCC(C)[C@H](O)[C@H](N)c1ccc(OC(F)(F)F)c(Cl)c1. The molecule has 0 radical (unpaired) electrons. The Balaban J connectivity index is 2.92. The smallest absolute Gasteiger partial charge is 0.404 e. The van der Waals surface area contributed by atoms with Crippen LogP contribution in [0.1, 0.15) is 31.9 Å². The van der Waals surface area contributed by atoms with Crippen molar-refractivity contribution < 1.29 is 23.0 Å². The lowest BCUT2D eigenvalue weighted by atomic mass is 9.91. The predicted octanol–water partition coefficient (Wildman–Crippen LogP) is 3.65. The standard InChI is InChI=1S/C13H17ClF3NO2/c1-3-7(2)12(19)11(18)8-4-5-10(9(14)6-8)20-13(15,16)17/h4-7,11-12,19H,3,18H2,1-2H3/t7?,11-,12+/m1/s1. The van der Waals surface area contributed by atoms with Gasteiger partial charge in [0.2, 0.25) is 0 Å². The van der Waals surface area contributed by atoms with E-state index in [2.05, 4.69) is 4.74 Å². The molecule has 20 heavy (non-hydrogen) atoms. The van der Waals surface area contributed by atoms with Gasteiger partial charge in [-0.2, -0.15) is 0 Å². The second kappa shape index (κ2) is 6.65. The van der Waals surface area contributed by atoms with Crippen molar-refractivity contribution in [2.75, 3.05) is 0 Å². The Hall–Kier alpha value is -0.980. The normalized spacial score (nSPS) is 16.6. The molecule has 0 saturated carbocycles. The molecule has 1 aromatic rings. The van der Waals surface area contributed by atoms with Crippen LogP contribution < -0.4 is 10.5 Å². The summed E-state index contributed by atoms with van der Waals surface area (Å²) in [4.78, 5) is 0. The average molecular weight is 312 g/mol. The third kappa shape index (κ3) is 4.54. The molecule has 0 aliphatic rings. The molecule has 3 nitrogen and oxygen atoms in total. The third-order valence-electron chi connectivity index (χ3n) is 3.16. The van der Waals surface area contributed by atoms with Crippen LogP contribution >= 0.6 is 11.6 Å². The van der Waals surface area contributed by atoms with Crippen LogP contribution in [0.25, 0.3) is 0 Å². The zero-order valence-corrected chi connectivity index (χ0v) is 11.9. The van der Waals surface area contributed by atoms with Gasteiger partial charge in [-0.3, -0.25) is 0 Å². The van der Waals surface area contributed by atoms with Crippen LogP contribution in [0.4, 0.5) is 13.2 Å². The number of benzene rings is 1. The first kappa shape index (κ1) is 17.1. The first-order valence-electron chi connectivity index (χ1n) is 6.14. The zero-order valence-electron chi connectivity index (χ0n) is 11.1. The molecule has 7 heteroatoms. The Bertz CT molecular complexity index is 454. The van der Waals surface area contributed by atoms with Gasteiger partial charge in [-0.15, -0.1) is 13.2 Å². The van der Waals surface area contributed by atoms with E-state index in [0.717, 1.165) is 12.5 Å². The molecular formula is C13H17ClF3NO2. The van der Waals surface area contributed by atoms with E-state index in [9.17, 15) is 18.3 Å². The van der Waals surface area contributed by atoms with E-state index in [1.807, 2.05) is 13.8 Å². The number of hydrogen-bond donors (Lipinski definition) is 2. The molecule has 3 N–H and O–H groups in total. The largest absolute Gasteiger partial charge is 0.573 e. The molecule has 0 aromatic heterocycles. The van der Waals surface area contributed by atoms with Crippen LogP contribution in [0.5, 0.6) is 5.75 Å². The first-order chi connectivity index (χ1) is 9.15. The maximum atomic E-state index is 12.1. The van der Waals surface area contributed by atoms with Gasteiger partial charge in [0.05, 0.1) is 17.2 Å². The van der Waals surface area contributed by atoms with Crippen molar-refractivity contribution in [1.82, 2.24) is 0 Å². The molecule has 1 unspecified atom stereocenters. The van der Waals surface area contributed by atoms with Crippen LogP contribution in [0.3, 0.4) is 0 Å². The lowest BCUT2D eigenvalue weighted by molar-refractivity contribution is -0.274. The molecule has 0 fully saturated rings. The lowest BCUT2D eigenvalue weighted by Gasteiger charge is -2.24. The summed E-state index contributed by atoms with van der Waals surface area (Å²) in [5, 5.41) is 9.80. The molecule has 0 saturated heterocycles. The predicted molar refractivity (Wildman–Crippen MR) is 70.5 cm³/mol. The van der Waals surface area contributed by atoms with Gasteiger partial charge in [0, 0.05) is 0 Å². The van der Waals surface area contributed by atoms with Gasteiger partial charge in [0.25, 0.3) is 0 Å². The number of halogens is 4. The third-order valence-corrected chi connectivity index (χ3v) is 3.46. The summed E-state index contributed by atoms with van der Waals surface area (Å²) in [5.41, 5.74) is 6.35. The van der Waals surface area contributed by atoms with E-state index in [1.54, 1.807) is 0 Å². The molecule has 0 aliphatic carbocycles. The van der Waals surface area contributed by atoms with Crippen molar-refractivity contribution in [3.05, 3.63) is 28.8 Å². The van der Waals surface area contributed by atoms with Gasteiger partial charge in [0.15, 0.2) is 0 Å². The average Bonchev–Trinajstić information content (AvgIpc) is 2.37. The highest BCUT2D eigenvalue weighted by Gasteiger charge is 2.32. The van der Waals surface area contributed by atoms with E-state index >= 15 is 0 Å². The van der Waals surface area contributed by atoms with Crippen molar-refractivity contribution in [2.45, 2.75) is 38.8 Å². The minimum atomic E-state index is -4.80. The topological polar surface area (TPSA) is 55.5 Å². The van der Waals surface area contributed by atoms with Crippen LogP contribution in [0.15, 0.2) is 18.2 Å². The second-order valence-corrected chi connectivity index (χ2v) is 5.05. The summed E-state index contributed by atoms with van der Waals surface area (Å²) < 4.78 is 40.1. The van der Waals surface area contributed by atoms with E-state index in [-0.39, 0.29) is 10.9 Å². The van der Waals surface area contributed by atoms with Gasteiger partial charge >= 0.3 is 6.36 Å². The summed E-state index contributed by atoms with van der Waals surface area (Å²) in [7, 11) is 0. The summed E-state index contributed by atoms with van der Waals surface area (Å²) >= 11 is 5.74. The van der Waals surface area contributed by atoms with E-state index in [0.29, 0.717) is 5.56 Å². The molecule has 0 bridgehead atoms. The summed E-state index contributed by atoms with van der Waals surface area (Å²) in [5.74, 6) is -0.525. The van der Waals surface area contributed by atoms with Crippen LogP contribution in [0, 0.1) is 5.92 Å². The van der Waals surface area contributed by atoms with Crippen molar-refractivity contribution in [2.24, 2.45) is 11.7 Å². The minimum absolute atomic E-state index is 0.0325. The molecule has 0 amide bonds. The van der Waals surface area contributed by atoms with Crippen molar-refractivity contribution in [3.8, 4) is 5.75 Å². The monoisotopic (exact) mass is 311 g/mol. The highest BCUT2D eigenvalue weighted by molar-refractivity contribution is 6.32. The molecule has 0 aliphatic heterocycles. The Morgan fingerprint density at radius 2 is 2.00 bits per heavy atom. The molecule has 0 heterocycles. The Morgan fingerprint density at radius 1 is 1.40 bits per heavy atom. The number of aliphatic hydroxyl groups is 1. The van der Waals surface area contributed by atoms with Crippen LogP contribution in [0.2, 0.25) is 5.02 Å². The maximum absolute atomic E-state index is 12.1. The minimum Gasteiger partial charge on any atom is -0.404 e. The number of hydrogen-bond acceptors (Lipinski definition) is 3. The number of alkyl halides is 3. The molecular weight excluding hydrogens is 295 g/mol. The van der Waals surface area contributed by atoms with Gasteiger partial charge in [-0.1, -0.05) is 37.9 Å². The van der Waals surface area contributed by atoms with Crippen LogP contribution in [-0.4, -0.2) is 17.6 Å². The number of ether oxygens (including phenoxy) is 1. The van der Waals surface area contributed by atoms with Gasteiger partial charge in [-0.25, -0.2) is 0 Å². The summed E-state index contributed by atoms with van der Waals surface area (Å²) in [6.07, 6.45) is -4.87. The van der Waals surface area contributed by atoms with Gasteiger partial charge in [0.1, 0.15) is 5.75 Å². The molecule has 0 spiro atoms. The van der Waals surface area contributed by atoms with Crippen molar-refractivity contribution in [3.63, 3.8) is 0 Å². The fourth-order valence-corrected chi connectivity index (χ4v) is 1.95. The van der Waals surface area contributed by atoms with Crippen molar-refractivity contribution in [1.29, 1.82) is 0 Å². The maximum Gasteiger partial charge on any atom is 0.573 e. The Kier molecular flexibility index (Phi) is 5.68. The fraction of sp³-hybridized carbons (Fsp3) is 0.538. The van der Waals surface area contributed by atoms with Gasteiger partial charge in [-0.05, 0) is 23.6 Å². The Morgan fingerprint density at radius 3 is 2.45 bits per heavy atom. The fourth-order valence-electron chi connectivity index (χ4n) is 1.72. The van der Waals surface area contributed by atoms with E-state index in [4.69, 9.17) is 17.3 Å². The quantitative estimate of drug-likeness (QED) is 0.873. The van der Waals surface area contributed by atoms with Crippen LogP contribution in [-0.2, 0) is 0 Å². The van der Waals surface area contributed by atoms with E-state index < -0.39 is 24.3 Å². The number of aliphatic hydroxyl groups excluding tert-OH is 1. The summed E-state index contributed by atoms with van der Waals surface area (Å²) in [6, 6.07) is 3.01. The highest BCUT2D eigenvalue weighted by Crippen LogP contribution is 2.33. The number of rotatable bonds is 5. The first-order valence-corrected chi connectivity index (χ1v) is 6.52. The van der Waals surface area contributed by atoms with Crippen molar-refractivity contribution >= 4 is 11.6 Å². The zero-order chi connectivity index (χ0) is 15.5.